The van der Waals surface area contributed by atoms with Crippen molar-refractivity contribution in [2.45, 2.75) is 25.8 Å². The maximum absolute atomic E-state index is 11.7. The molecular weight excluding hydrogens is 286 g/mol. The van der Waals surface area contributed by atoms with Crippen molar-refractivity contribution in [3.63, 3.8) is 0 Å². The molecule has 112 valence electrons. The number of rotatable bonds is 6. The molecule has 0 fully saturated rings. The molecule has 0 radical (unpaired) electrons. The van der Waals surface area contributed by atoms with Crippen LogP contribution in [-0.4, -0.2) is 18.1 Å². The lowest BCUT2D eigenvalue weighted by Gasteiger charge is -2.19. The number of hydrogen-bond acceptors (Lipinski definition) is 6. The number of carbonyl (C=O) groups is 1. The van der Waals surface area contributed by atoms with Crippen LogP contribution in [0, 0.1) is 0 Å². The number of carbonyl (C=O) groups excluding carboxylic acids is 1. The largest absolute Gasteiger partial charge is 0.465 e. The summed E-state index contributed by atoms with van der Waals surface area (Å²) >= 11 is 1.69. The molecule has 21 heavy (non-hydrogen) atoms. The van der Waals surface area contributed by atoms with Crippen molar-refractivity contribution >= 4 is 28.8 Å². The van der Waals surface area contributed by atoms with Gasteiger partial charge in [0.2, 0.25) is 0 Å². The molecule has 1 unspecified atom stereocenters. The summed E-state index contributed by atoms with van der Waals surface area (Å²) < 4.78 is 4.72. The van der Waals surface area contributed by atoms with E-state index >= 15 is 0 Å². The number of anilines is 2. The van der Waals surface area contributed by atoms with Gasteiger partial charge in [0.05, 0.1) is 24.4 Å². The van der Waals surface area contributed by atoms with Crippen LogP contribution in [0.5, 0.6) is 0 Å². The maximum Gasteiger partial charge on any atom is 0.340 e. The average Bonchev–Trinajstić information content (AvgIpc) is 3.02. The predicted octanol–water partition coefficient (Wildman–Crippen LogP) is 3.47. The van der Waals surface area contributed by atoms with Crippen molar-refractivity contribution < 1.29 is 9.53 Å². The van der Waals surface area contributed by atoms with Crippen molar-refractivity contribution in [2.24, 2.45) is 0 Å². The number of nitrogen functional groups attached to an aromatic ring is 1. The average molecular weight is 305 g/mol. The van der Waals surface area contributed by atoms with Crippen LogP contribution in [0.25, 0.3) is 0 Å². The maximum atomic E-state index is 11.7. The summed E-state index contributed by atoms with van der Waals surface area (Å²) in [7, 11) is 1.33. The van der Waals surface area contributed by atoms with E-state index in [-0.39, 0.29) is 6.04 Å². The topological polar surface area (TPSA) is 77.2 Å². The number of hydrogen-bond donors (Lipinski definition) is 2. The Morgan fingerprint density at radius 1 is 1.52 bits per heavy atom. The van der Waals surface area contributed by atoms with Crippen molar-refractivity contribution in [2.75, 3.05) is 18.2 Å². The van der Waals surface area contributed by atoms with Crippen LogP contribution in [0.2, 0.25) is 0 Å². The fraction of sp³-hybridized carbons (Fsp3) is 0.333. The van der Waals surface area contributed by atoms with Crippen molar-refractivity contribution in [1.29, 1.82) is 0 Å². The molecule has 1 atom stereocenters. The fourth-order valence-corrected chi connectivity index (χ4v) is 2.92. The standard InChI is InChI=1S/C15H19N3O2S/c1-3-5-11(12-6-4-9-21-12)18-14-13(16)10(7-8-17-14)15(19)20-2/h4,6-9,11H,3,5,16H2,1-2H3,(H,17,18). The van der Waals surface area contributed by atoms with E-state index in [0.717, 1.165) is 12.8 Å². The molecule has 5 nitrogen and oxygen atoms in total. The van der Waals surface area contributed by atoms with Crippen LogP contribution in [-0.2, 0) is 4.74 Å². The number of pyridine rings is 1. The van der Waals surface area contributed by atoms with Gasteiger partial charge in [-0.05, 0) is 23.9 Å². The first-order valence-electron chi connectivity index (χ1n) is 6.80. The third kappa shape index (κ3) is 3.52. The molecule has 0 aliphatic heterocycles. The molecule has 0 bridgehead atoms. The molecule has 0 aliphatic rings. The number of esters is 1. The van der Waals surface area contributed by atoms with Crippen molar-refractivity contribution in [1.82, 2.24) is 4.98 Å². The van der Waals surface area contributed by atoms with Crippen LogP contribution in [0.1, 0.15) is 41.0 Å². The van der Waals surface area contributed by atoms with Crippen molar-refractivity contribution in [3.05, 3.63) is 40.2 Å². The summed E-state index contributed by atoms with van der Waals surface area (Å²) in [5.74, 6) is 0.0610. The first-order valence-corrected chi connectivity index (χ1v) is 7.68. The first kappa shape index (κ1) is 15.3. The second kappa shape index (κ2) is 7.08. The van der Waals surface area contributed by atoms with E-state index in [9.17, 15) is 4.79 Å². The highest BCUT2D eigenvalue weighted by atomic mass is 32.1. The van der Waals surface area contributed by atoms with Crippen LogP contribution in [0.4, 0.5) is 11.5 Å². The van der Waals surface area contributed by atoms with E-state index < -0.39 is 5.97 Å². The number of nitrogens with two attached hydrogens (primary N) is 1. The number of thiophene rings is 1. The van der Waals surface area contributed by atoms with E-state index in [2.05, 4.69) is 23.3 Å². The molecule has 6 heteroatoms. The number of ether oxygens (including phenoxy) is 1. The highest BCUT2D eigenvalue weighted by molar-refractivity contribution is 7.10. The van der Waals surface area contributed by atoms with Gasteiger partial charge in [-0.2, -0.15) is 0 Å². The van der Waals surface area contributed by atoms with Gasteiger partial charge in [0.1, 0.15) is 0 Å². The Bertz CT molecular complexity index is 599. The molecule has 0 amide bonds. The Morgan fingerprint density at radius 2 is 2.33 bits per heavy atom. The minimum Gasteiger partial charge on any atom is -0.465 e. The Labute approximate surface area is 128 Å². The Morgan fingerprint density at radius 3 is 2.95 bits per heavy atom. The van der Waals surface area contributed by atoms with E-state index in [0.29, 0.717) is 17.1 Å². The molecule has 2 rings (SSSR count). The Balaban J connectivity index is 2.27. The molecule has 0 spiro atoms. The molecule has 2 aromatic heterocycles. The van der Waals surface area contributed by atoms with E-state index in [1.807, 2.05) is 11.4 Å². The smallest absolute Gasteiger partial charge is 0.340 e. The van der Waals surface area contributed by atoms with Gasteiger partial charge in [-0.3, -0.25) is 0 Å². The molecule has 2 aromatic rings. The van der Waals surface area contributed by atoms with Gasteiger partial charge in [0.25, 0.3) is 0 Å². The first-order chi connectivity index (χ1) is 10.2. The second-order valence-corrected chi connectivity index (χ2v) is 5.59. The normalized spacial score (nSPS) is 11.9. The SMILES string of the molecule is CCCC(Nc1nccc(C(=O)OC)c1N)c1cccs1. The highest BCUT2D eigenvalue weighted by Crippen LogP contribution is 2.30. The number of nitrogens with zero attached hydrogens (tertiary/aromatic N) is 1. The lowest BCUT2D eigenvalue weighted by atomic mass is 10.1. The highest BCUT2D eigenvalue weighted by Gasteiger charge is 2.17. The summed E-state index contributed by atoms with van der Waals surface area (Å²) in [5, 5.41) is 5.38. The molecular formula is C15H19N3O2S. The Hall–Kier alpha value is -2.08. The molecule has 2 heterocycles. The minimum absolute atomic E-state index is 0.137. The third-order valence-electron chi connectivity index (χ3n) is 3.17. The molecule has 0 aromatic carbocycles. The van der Waals surface area contributed by atoms with Crippen LogP contribution in [0.3, 0.4) is 0 Å². The van der Waals surface area contributed by atoms with Gasteiger partial charge >= 0.3 is 5.97 Å². The number of aromatic nitrogens is 1. The van der Waals surface area contributed by atoms with E-state index in [1.54, 1.807) is 23.6 Å². The molecule has 3 N–H and O–H groups in total. The van der Waals surface area contributed by atoms with Gasteiger partial charge < -0.3 is 15.8 Å². The summed E-state index contributed by atoms with van der Waals surface area (Å²) in [5.41, 5.74) is 6.69. The van der Waals surface area contributed by atoms with Gasteiger partial charge in [-0.15, -0.1) is 11.3 Å². The van der Waals surface area contributed by atoms with Gasteiger partial charge in [0, 0.05) is 11.1 Å². The Kier molecular flexibility index (Phi) is 5.16. The molecule has 0 aliphatic carbocycles. The lowest BCUT2D eigenvalue weighted by Crippen LogP contribution is -2.14. The van der Waals surface area contributed by atoms with Gasteiger partial charge in [-0.1, -0.05) is 19.4 Å². The predicted molar refractivity (Wildman–Crippen MR) is 85.6 cm³/mol. The van der Waals surface area contributed by atoms with Crippen LogP contribution >= 0.6 is 11.3 Å². The van der Waals surface area contributed by atoms with Crippen LogP contribution < -0.4 is 11.1 Å². The molecule has 0 saturated carbocycles. The number of nitrogens with one attached hydrogen (secondary N) is 1. The zero-order chi connectivity index (χ0) is 15.2. The minimum atomic E-state index is -0.457. The van der Waals surface area contributed by atoms with E-state index in [1.165, 1.54) is 12.0 Å². The summed E-state index contributed by atoms with van der Waals surface area (Å²) in [6.45, 7) is 2.13. The van der Waals surface area contributed by atoms with Gasteiger partial charge in [-0.25, -0.2) is 9.78 Å². The summed E-state index contributed by atoms with van der Waals surface area (Å²) in [6.07, 6.45) is 3.55. The van der Waals surface area contributed by atoms with Gasteiger partial charge in [0.15, 0.2) is 5.82 Å². The molecule has 0 saturated heterocycles. The zero-order valence-corrected chi connectivity index (χ0v) is 12.9. The fourth-order valence-electron chi connectivity index (χ4n) is 2.11. The second-order valence-electron chi connectivity index (χ2n) is 4.61. The quantitative estimate of drug-likeness (QED) is 0.799. The number of methoxy groups -OCH3 is 1. The van der Waals surface area contributed by atoms with Crippen LogP contribution in [0.15, 0.2) is 29.8 Å². The lowest BCUT2D eigenvalue weighted by molar-refractivity contribution is 0.0602. The van der Waals surface area contributed by atoms with E-state index in [4.69, 9.17) is 10.5 Å². The van der Waals surface area contributed by atoms with Crippen molar-refractivity contribution in [3.8, 4) is 0 Å². The monoisotopic (exact) mass is 305 g/mol. The summed E-state index contributed by atoms with van der Waals surface area (Å²) in [4.78, 5) is 17.1. The third-order valence-corrected chi connectivity index (χ3v) is 4.16. The summed E-state index contributed by atoms with van der Waals surface area (Å²) in [6, 6.07) is 5.80. The zero-order valence-electron chi connectivity index (χ0n) is 12.1.